The first-order chi connectivity index (χ1) is 15.0. The Balaban J connectivity index is 1.81. The largest absolute Gasteiger partial charge is 0.418 e. The molecular weight excluding hydrogens is 525 g/mol. The highest BCUT2D eigenvalue weighted by molar-refractivity contribution is 9.11. The summed E-state index contributed by atoms with van der Waals surface area (Å²) in [6, 6.07) is 7.78. The van der Waals surface area contributed by atoms with Gasteiger partial charge in [0.05, 0.1) is 13.6 Å². The minimum atomic E-state index is -4.58. The molecule has 0 spiro atoms. The van der Waals surface area contributed by atoms with Crippen molar-refractivity contribution in [3.63, 3.8) is 0 Å². The average molecular weight is 549 g/mol. The molecule has 174 valence electrons. The Kier molecular flexibility index (Phi) is 7.95. The van der Waals surface area contributed by atoms with Crippen molar-refractivity contribution in [2.75, 3.05) is 38.6 Å². The summed E-state index contributed by atoms with van der Waals surface area (Å²) in [6.07, 6.45) is -4.58. The number of nitrogens with zero attached hydrogens (tertiary/aromatic N) is 4. The number of hydrogen-bond acceptors (Lipinski definition) is 5. The number of carbonyl (C=O) groups is 1. The van der Waals surface area contributed by atoms with Gasteiger partial charge in [0, 0.05) is 51.0 Å². The molecule has 5 nitrogen and oxygen atoms in total. The molecule has 2 aromatic rings. The Hall–Kier alpha value is -1.56. The maximum Gasteiger partial charge on any atom is 0.418 e. The van der Waals surface area contributed by atoms with E-state index in [0.29, 0.717) is 25.5 Å². The van der Waals surface area contributed by atoms with Crippen LogP contribution in [-0.4, -0.2) is 60.7 Å². The van der Waals surface area contributed by atoms with Gasteiger partial charge >= 0.3 is 6.18 Å². The van der Waals surface area contributed by atoms with Crippen molar-refractivity contribution >= 4 is 56.6 Å². The number of piperazine rings is 1. The van der Waals surface area contributed by atoms with Crippen LogP contribution in [0, 0.1) is 0 Å². The first-order valence-corrected chi connectivity index (χ1v) is 12.3. The molecule has 1 amide bonds. The zero-order valence-corrected chi connectivity index (χ0v) is 21.3. The summed E-state index contributed by atoms with van der Waals surface area (Å²) in [4.78, 5) is 19.7. The van der Waals surface area contributed by atoms with Gasteiger partial charge in [-0.2, -0.15) is 18.2 Å². The van der Waals surface area contributed by atoms with Gasteiger partial charge in [0.25, 0.3) is 5.91 Å². The lowest BCUT2D eigenvalue weighted by Gasteiger charge is -2.40. The molecule has 1 atom stereocenters. The van der Waals surface area contributed by atoms with Crippen LogP contribution >= 0.6 is 39.2 Å². The maximum absolute atomic E-state index is 13.9. The monoisotopic (exact) mass is 548 g/mol. The van der Waals surface area contributed by atoms with Gasteiger partial charge < -0.3 is 9.80 Å². The van der Waals surface area contributed by atoms with Gasteiger partial charge in [-0.05, 0) is 72.1 Å². The summed E-state index contributed by atoms with van der Waals surface area (Å²) >= 11 is 6.70. The smallest absolute Gasteiger partial charge is 0.368 e. The van der Waals surface area contributed by atoms with Gasteiger partial charge in [0.2, 0.25) is 0 Å². The molecule has 0 N–H and O–H groups in total. The first kappa shape index (κ1) is 25.1. The fourth-order valence-electron chi connectivity index (χ4n) is 3.24. The lowest BCUT2D eigenvalue weighted by molar-refractivity contribution is -0.137. The van der Waals surface area contributed by atoms with Crippen molar-refractivity contribution in [2.45, 2.75) is 30.3 Å². The van der Waals surface area contributed by atoms with Crippen molar-refractivity contribution in [3.05, 3.63) is 45.2 Å². The molecule has 1 aromatic heterocycles. The van der Waals surface area contributed by atoms with Crippen molar-refractivity contribution < 1.29 is 18.0 Å². The molecule has 32 heavy (non-hydrogen) atoms. The van der Waals surface area contributed by atoms with Crippen LogP contribution in [0.3, 0.4) is 0 Å². The second kappa shape index (κ2) is 10.1. The van der Waals surface area contributed by atoms with Gasteiger partial charge in [-0.1, -0.05) is 0 Å². The van der Waals surface area contributed by atoms with Crippen LogP contribution in [0.15, 0.2) is 43.3 Å². The summed E-state index contributed by atoms with van der Waals surface area (Å²) in [7, 11) is 3.43. The summed E-state index contributed by atoms with van der Waals surface area (Å²) in [6.45, 7) is 5.16. The number of halogens is 4. The van der Waals surface area contributed by atoms with Crippen LogP contribution < -0.4 is 4.90 Å². The molecule has 0 radical (unpaired) electrons. The highest BCUT2D eigenvalue weighted by Gasteiger charge is 2.37. The quantitative estimate of drug-likeness (QED) is 0.271. The van der Waals surface area contributed by atoms with Gasteiger partial charge in [-0.3, -0.25) is 4.79 Å². The highest BCUT2D eigenvalue weighted by atomic mass is 79.9. The summed E-state index contributed by atoms with van der Waals surface area (Å²) in [5.74, 6) is -0.266. The Labute approximate surface area is 202 Å². The molecular formula is C21H24BrF3N4OS2. The molecule has 1 aliphatic heterocycles. The molecule has 0 bridgehead atoms. The number of carbonyl (C=O) groups excluding carboxylic acids is 1. The lowest BCUT2D eigenvalue weighted by atomic mass is 10.0. The van der Waals surface area contributed by atoms with Crippen molar-refractivity contribution in [1.29, 1.82) is 0 Å². The first-order valence-electron chi connectivity index (χ1n) is 9.89. The summed E-state index contributed by atoms with van der Waals surface area (Å²) < 4.78 is 46.1. The van der Waals surface area contributed by atoms with E-state index in [-0.39, 0.29) is 17.3 Å². The second-order valence-electron chi connectivity index (χ2n) is 7.67. The van der Waals surface area contributed by atoms with Crippen LogP contribution in [0.4, 0.5) is 18.9 Å². The van der Waals surface area contributed by atoms with Crippen LogP contribution in [0.2, 0.25) is 0 Å². The van der Waals surface area contributed by atoms with E-state index in [2.05, 4.69) is 25.2 Å². The van der Waals surface area contributed by atoms with Crippen LogP contribution in [0.25, 0.3) is 0 Å². The zero-order valence-electron chi connectivity index (χ0n) is 18.1. The van der Waals surface area contributed by atoms with Crippen LogP contribution in [-0.2, 0) is 6.18 Å². The van der Waals surface area contributed by atoms with E-state index < -0.39 is 17.6 Å². The molecule has 0 aliphatic carbocycles. The molecule has 11 heteroatoms. The molecule has 2 heterocycles. The highest BCUT2D eigenvalue weighted by Crippen LogP contribution is 2.40. The van der Waals surface area contributed by atoms with Gasteiger partial charge in [-0.25, -0.2) is 4.31 Å². The van der Waals surface area contributed by atoms with Crippen molar-refractivity contribution in [1.82, 2.24) is 9.21 Å². The SMILES string of the molecule is CC(=NC(=O)c1ccc(N2CCN(Sc3ccc(Br)s3)C(C)C2)c(C(F)(F)F)c1)N(C)C. The van der Waals surface area contributed by atoms with E-state index in [0.717, 1.165) is 14.1 Å². The van der Waals surface area contributed by atoms with Crippen molar-refractivity contribution in [3.8, 4) is 0 Å². The second-order valence-corrected chi connectivity index (χ2v) is 11.5. The van der Waals surface area contributed by atoms with Crippen LogP contribution in [0.1, 0.15) is 29.8 Å². The minimum Gasteiger partial charge on any atom is -0.368 e. The predicted molar refractivity (Wildman–Crippen MR) is 129 cm³/mol. The Morgan fingerprint density at radius 1 is 1.25 bits per heavy atom. The Morgan fingerprint density at radius 3 is 2.53 bits per heavy atom. The van der Waals surface area contributed by atoms with E-state index in [1.807, 2.05) is 19.1 Å². The fraction of sp³-hybridized carbons (Fsp3) is 0.429. The summed E-state index contributed by atoms with van der Waals surface area (Å²) in [5.41, 5.74) is -0.790. The normalized spacial score (nSPS) is 18.2. The zero-order chi connectivity index (χ0) is 23.6. The fourth-order valence-corrected chi connectivity index (χ4v) is 6.17. The third-order valence-corrected chi connectivity index (χ3v) is 8.11. The number of hydrogen-bond donors (Lipinski definition) is 0. The van der Waals surface area contributed by atoms with Crippen LogP contribution in [0.5, 0.6) is 0 Å². The molecule has 1 fully saturated rings. The molecule has 1 aromatic carbocycles. The molecule has 1 unspecified atom stereocenters. The van der Waals surface area contributed by atoms with Crippen molar-refractivity contribution in [2.24, 2.45) is 4.99 Å². The lowest BCUT2D eigenvalue weighted by Crippen LogP contribution is -2.49. The molecule has 1 saturated heterocycles. The maximum atomic E-state index is 13.9. The topological polar surface area (TPSA) is 39.2 Å². The van der Waals surface area contributed by atoms with Gasteiger partial charge in [0.1, 0.15) is 5.84 Å². The van der Waals surface area contributed by atoms with E-state index in [4.69, 9.17) is 0 Å². The number of amides is 1. The number of anilines is 1. The van der Waals surface area contributed by atoms with E-state index in [1.165, 1.54) is 12.1 Å². The Bertz CT molecular complexity index is 1010. The third-order valence-electron chi connectivity index (χ3n) is 5.12. The van der Waals surface area contributed by atoms with E-state index in [1.54, 1.807) is 54.1 Å². The molecule has 1 aliphatic rings. The number of alkyl halides is 3. The molecule has 3 rings (SSSR count). The minimum absolute atomic E-state index is 0.0457. The van der Waals surface area contributed by atoms with Gasteiger partial charge in [-0.15, -0.1) is 11.3 Å². The Morgan fingerprint density at radius 2 is 1.97 bits per heavy atom. The number of rotatable bonds is 4. The number of amidine groups is 1. The number of benzene rings is 1. The van der Waals surface area contributed by atoms with E-state index >= 15 is 0 Å². The van der Waals surface area contributed by atoms with Gasteiger partial charge in [0.15, 0.2) is 0 Å². The van der Waals surface area contributed by atoms with E-state index in [9.17, 15) is 18.0 Å². The molecule has 0 saturated carbocycles. The number of thiophene rings is 1. The predicted octanol–water partition coefficient (Wildman–Crippen LogP) is 5.87. The standard InChI is InChI=1S/C21H24BrF3N4OS2/c1-13-12-28(9-10-29(13)32-19-8-7-18(22)31-19)17-6-5-15(11-16(17)21(23,24)25)20(30)26-14(2)27(3)4/h5-8,11,13H,9-10,12H2,1-4H3. The number of aliphatic imine (C=N–C) groups is 1. The third kappa shape index (κ3) is 6.06. The average Bonchev–Trinajstić information content (AvgIpc) is 3.13. The summed E-state index contributed by atoms with van der Waals surface area (Å²) in [5, 5.41) is 0.